The average Bonchev–Trinajstić information content (AvgIpc) is 2.42. The Kier molecular flexibility index (Phi) is 2.86. The van der Waals surface area contributed by atoms with Crippen molar-refractivity contribution in [3.8, 4) is 0 Å². The molecule has 0 spiro atoms. The van der Waals surface area contributed by atoms with Crippen LogP contribution in [0.25, 0.3) is 0 Å². The molecule has 6 heteroatoms. The normalized spacial score (nSPS) is 10.2. The number of anilines is 1. The van der Waals surface area contributed by atoms with E-state index in [4.69, 9.17) is 15.9 Å². The molecule has 4 N–H and O–H groups in total. The minimum absolute atomic E-state index is 0.0443. The minimum Gasteiger partial charge on any atom is -0.481 e. The molecule has 0 saturated carbocycles. The van der Waals surface area contributed by atoms with Gasteiger partial charge in [-0.2, -0.15) is 0 Å². The number of hydrogen-bond acceptors (Lipinski definition) is 5. The molecule has 0 atom stereocenters. The van der Waals surface area contributed by atoms with E-state index in [9.17, 15) is 4.79 Å². The zero-order valence-electron chi connectivity index (χ0n) is 6.86. The summed E-state index contributed by atoms with van der Waals surface area (Å²) in [6.45, 7) is -0.287. The SMILES string of the molecule is Nc1onc(CCC(=O)O)c1CO. The minimum atomic E-state index is -0.925. The van der Waals surface area contributed by atoms with Gasteiger partial charge in [-0.05, 0) is 0 Å². The Morgan fingerprint density at radius 3 is 2.85 bits per heavy atom. The van der Waals surface area contributed by atoms with Crippen molar-refractivity contribution >= 4 is 11.9 Å². The lowest BCUT2D eigenvalue weighted by molar-refractivity contribution is -0.136. The van der Waals surface area contributed by atoms with E-state index >= 15 is 0 Å². The molecular weight excluding hydrogens is 176 g/mol. The monoisotopic (exact) mass is 186 g/mol. The van der Waals surface area contributed by atoms with Crippen LogP contribution in [0.2, 0.25) is 0 Å². The summed E-state index contributed by atoms with van der Waals surface area (Å²) in [5, 5.41) is 20.8. The molecule has 1 heterocycles. The molecule has 0 unspecified atom stereocenters. The van der Waals surface area contributed by atoms with E-state index < -0.39 is 5.97 Å². The number of carboxylic acids is 1. The molecule has 72 valence electrons. The van der Waals surface area contributed by atoms with Gasteiger partial charge in [0.05, 0.1) is 24.3 Å². The molecule has 0 aromatic carbocycles. The first-order chi connectivity index (χ1) is 6.15. The maximum atomic E-state index is 10.2. The summed E-state index contributed by atoms with van der Waals surface area (Å²) in [4.78, 5) is 10.2. The van der Waals surface area contributed by atoms with Crippen molar-refractivity contribution in [2.75, 3.05) is 5.73 Å². The second kappa shape index (κ2) is 3.90. The summed E-state index contributed by atoms with van der Waals surface area (Å²) in [6, 6.07) is 0. The van der Waals surface area contributed by atoms with Crippen LogP contribution in [0.3, 0.4) is 0 Å². The van der Waals surface area contributed by atoms with Gasteiger partial charge in [-0.3, -0.25) is 4.79 Å². The van der Waals surface area contributed by atoms with Gasteiger partial charge < -0.3 is 20.5 Å². The Morgan fingerprint density at radius 1 is 1.62 bits per heavy atom. The van der Waals surface area contributed by atoms with E-state index in [0.29, 0.717) is 11.3 Å². The van der Waals surface area contributed by atoms with Crippen LogP contribution >= 0.6 is 0 Å². The van der Waals surface area contributed by atoms with Gasteiger partial charge in [0.15, 0.2) is 0 Å². The van der Waals surface area contributed by atoms with Crippen molar-refractivity contribution in [2.24, 2.45) is 0 Å². The molecule has 0 amide bonds. The molecule has 0 aliphatic heterocycles. The summed E-state index contributed by atoms with van der Waals surface area (Å²) in [6.07, 6.45) is 0.158. The Morgan fingerprint density at radius 2 is 2.31 bits per heavy atom. The first kappa shape index (κ1) is 9.53. The third-order valence-electron chi connectivity index (χ3n) is 1.63. The number of nitrogens with zero attached hydrogens (tertiary/aromatic N) is 1. The molecule has 1 rings (SSSR count). The molecule has 13 heavy (non-hydrogen) atoms. The van der Waals surface area contributed by atoms with Crippen LogP contribution in [0, 0.1) is 0 Å². The standard InChI is InChI=1S/C7H10N2O4/c8-7-4(3-10)5(9-13-7)1-2-6(11)12/h10H,1-3,8H2,(H,11,12). The number of rotatable bonds is 4. The van der Waals surface area contributed by atoms with Gasteiger partial charge in [0, 0.05) is 6.42 Å². The van der Waals surface area contributed by atoms with Crippen molar-refractivity contribution in [3.05, 3.63) is 11.3 Å². The Labute approximate surface area is 73.9 Å². The number of aliphatic carboxylic acids is 1. The Balaban J connectivity index is 2.70. The number of aliphatic hydroxyl groups excluding tert-OH is 1. The van der Waals surface area contributed by atoms with Crippen molar-refractivity contribution in [1.82, 2.24) is 5.16 Å². The molecule has 0 fully saturated rings. The molecule has 6 nitrogen and oxygen atoms in total. The molecular formula is C7H10N2O4. The van der Waals surface area contributed by atoms with E-state index in [1.165, 1.54) is 0 Å². The fraction of sp³-hybridized carbons (Fsp3) is 0.429. The zero-order chi connectivity index (χ0) is 9.84. The highest BCUT2D eigenvalue weighted by atomic mass is 16.5. The van der Waals surface area contributed by atoms with Crippen LogP contribution < -0.4 is 5.73 Å². The number of hydrogen-bond donors (Lipinski definition) is 3. The molecule has 0 saturated heterocycles. The smallest absolute Gasteiger partial charge is 0.303 e. The van der Waals surface area contributed by atoms with Gasteiger partial charge in [0.25, 0.3) is 0 Å². The first-order valence-electron chi connectivity index (χ1n) is 3.70. The first-order valence-corrected chi connectivity index (χ1v) is 3.70. The molecule has 0 radical (unpaired) electrons. The van der Waals surface area contributed by atoms with E-state index in [0.717, 1.165) is 0 Å². The Bertz CT molecular complexity index is 307. The van der Waals surface area contributed by atoms with Crippen molar-refractivity contribution in [1.29, 1.82) is 0 Å². The lowest BCUT2D eigenvalue weighted by Crippen LogP contribution is -2.00. The molecule has 0 aliphatic carbocycles. The van der Waals surface area contributed by atoms with Gasteiger partial charge in [-0.15, -0.1) is 0 Å². The largest absolute Gasteiger partial charge is 0.481 e. The number of carbonyl (C=O) groups is 1. The van der Waals surface area contributed by atoms with Crippen LogP contribution in [-0.4, -0.2) is 21.3 Å². The number of nitrogen functional groups attached to an aromatic ring is 1. The highest BCUT2D eigenvalue weighted by Gasteiger charge is 2.13. The van der Waals surface area contributed by atoms with Crippen LogP contribution in [-0.2, 0) is 17.8 Å². The maximum Gasteiger partial charge on any atom is 0.303 e. The Hall–Kier alpha value is -1.56. The third-order valence-corrected chi connectivity index (χ3v) is 1.63. The lowest BCUT2D eigenvalue weighted by Gasteiger charge is -1.94. The number of aromatic nitrogens is 1. The van der Waals surface area contributed by atoms with E-state index in [-0.39, 0.29) is 25.3 Å². The van der Waals surface area contributed by atoms with Crippen LogP contribution in [0.5, 0.6) is 0 Å². The van der Waals surface area contributed by atoms with Crippen molar-refractivity contribution < 1.29 is 19.5 Å². The van der Waals surface area contributed by atoms with Crippen molar-refractivity contribution in [2.45, 2.75) is 19.4 Å². The molecule has 0 bridgehead atoms. The van der Waals surface area contributed by atoms with Gasteiger partial charge in [-0.25, -0.2) is 0 Å². The quantitative estimate of drug-likeness (QED) is 0.599. The van der Waals surface area contributed by atoms with Crippen LogP contribution in [0.1, 0.15) is 17.7 Å². The van der Waals surface area contributed by atoms with E-state index in [1.807, 2.05) is 0 Å². The topological polar surface area (TPSA) is 110 Å². The van der Waals surface area contributed by atoms with E-state index in [2.05, 4.69) is 9.68 Å². The predicted octanol–water partition coefficient (Wildman–Crippen LogP) is -0.234. The van der Waals surface area contributed by atoms with Crippen LogP contribution in [0.15, 0.2) is 4.52 Å². The number of carboxylic acid groups (broad SMARTS) is 1. The fourth-order valence-electron chi connectivity index (χ4n) is 0.948. The van der Waals surface area contributed by atoms with Gasteiger partial charge in [-0.1, -0.05) is 5.16 Å². The fourth-order valence-corrected chi connectivity index (χ4v) is 0.948. The lowest BCUT2D eigenvalue weighted by atomic mass is 10.1. The average molecular weight is 186 g/mol. The third kappa shape index (κ3) is 2.19. The summed E-state index contributed by atoms with van der Waals surface area (Å²) >= 11 is 0. The van der Waals surface area contributed by atoms with E-state index in [1.54, 1.807) is 0 Å². The highest BCUT2D eigenvalue weighted by Crippen LogP contribution is 2.17. The molecule has 0 aliphatic rings. The van der Waals surface area contributed by atoms with Gasteiger partial charge in [0.2, 0.25) is 5.88 Å². The number of aliphatic hydroxyl groups is 1. The maximum absolute atomic E-state index is 10.2. The van der Waals surface area contributed by atoms with Gasteiger partial charge >= 0.3 is 5.97 Å². The molecule has 1 aromatic rings. The summed E-state index contributed by atoms with van der Waals surface area (Å²) < 4.78 is 4.59. The van der Waals surface area contributed by atoms with Crippen LogP contribution in [0.4, 0.5) is 5.88 Å². The highest BCUT2D eigenvalue weighted by molar-refractivity contribution is 5.67. The zero-order valence-corrected chi connectivity index (χ0v) is 6.86. The predicted molar refractivity (Wildman–Crippen MR) is 42.8 cm³/mol. The summed E-state index contributed by atoms with van der Waals surface area (Å²) in [5.74, 6) is -0.881. The molecule has 1 aromatic heterocycles. The number of aryl methyl sites for hydroxylation is 1. The number of nitrogens with two attached hydrogens (primary N) is 1. The second-order valence-electron chi connectivity index (χ2n) is 2.52. The van der Waals surface area contributed by atoms with Gasteiger partial charge in [0.1, 0.15) is 0 Å². The van der Waals surface area contributed by atoms with Crippen molar-refractivity contribution in [3.63, 3.8) is 0 Å². The second-order valence-corrected chi connectivity index (χ2v) is 2.52. The summed E-state index contributed by atoms with van der Waals surface area (Å²) in [5.41, 5.74) is 6.10. The summed E-state index contributed by atoms with van der Waals surface area (Å²) in [7, 11) is 0.